The third-order valence-corrected chi connectivity index (χ3v) is 5.80. The van der Waals surface area contributed by atoms with Gasteiger partial charge in [0.1, 0.15) is 0 Å². The zero-order valence-corrected chi connectivity index (χ0v) is 18.4. The summed E-state index contributed by atoms with van der Waals surface area (Å²) >= 11 is 0. The van der Waals surface area contributed by atoms with E-state index in [0.29, 0.717) is 0 Å². The van der Waals surface area contributed by atoms with Gasteiger partial charge in [0.2, 0.25) is 0 Å². The van der Waals surface area contributed by atoms with E-state index >= 15 is 8.78 Å². The molecule has 2 atom stereocenters. The second-order valence-corrected chi connectivity index (χ2v) is 7.97. The van der Waals surface area contributed by atoms with Crippen molar-refractivity contribution in [2.45, 2.75) is 43.6 Å². The van der Waals surface area contributed by atoms with Crippen LogP contribution in [-0.2, 0) is 18.3 Å². The lowest BCUT2D eigenvalue weighted by Crippen LogP contribution is -2.45. The van der Waals surface area contributed by atoms with E-state index < -0.39 is 59.4 Å². The van der Waals surface area contributed by atoms with Crippen LogP contribution in [0.25, 0.3) is 0 Å². The minimum absolute atomic E-state index is 0.00732. The average molecular weight is 513 g/mol. The summed E-state index contributed by atoms with van der Waals surface area (Å²) in [6.45, 7) is 1.30. The molecule has 1 aliphatic rings. The Kier molecular flexibility index (Phi) is 6.59. The molecular weight excluding hydrogens is 494 g/mol. The van der Waals surface area contributed by atoms with Crippen molar-refractivity contribution in [3.8, 4) is 11.5 Å². The van der Waals surface area contributed by atoms with Crippen molar-refractivity contribution in [2.24, 2.45) is 0 Å². The van der Waals surface area contributed by atoms with Gasteiger partial charge in [0, 0.05) is 17.7 Å². The largest absolute Gasteiger partial charge is 0.493 e. The summed E-state index contributed by atoms with van der Waals surface area (Å²) in [5.74, 6) is -6.32. The number of methoxy groups -OCH3 is 2. The van der Waals surface area contributed by atoms with Gasteiger partial charge in [-0.15, -0.1) is 0 Å². The van der Waals surface area contributed by atoms with Crippen molar-refractivity contribution < 1.29 is 54.5 Å². The van der Waals surface area contributed by atoms with Gasteiger partial charge in [0.05, 0.1) is 37.0 Å². The van der Waals surface area contributed by atoms with Gasteiger partial charge in [0.15, 0.2) is 11.5 Å². The van der Waals surface area contributed by atoms with Crippen molar-refractivity contribution in [1.82, 2.24) is 0 Å². The van der Waals surface area contributed by atoms with Gasteiger partial charge in [-0.05, 0) is 43.2 Å². The van der Waals surface area contributed by atoms with Crippen LogP contribution in [-0.4, -0.2) is 31.5 Å². The summed E-state index contributed by atoms with van der Waals surface area (Å²) in [6.07, 6.45) is -12.7. The van der Waals surface area contributed by atoms with Crippen molar-refractivity contribution >= 4 is 11.8 Å². The SMILES string of the molecule is COc1cc2c(cc1OC)N(C(=O)O)[C@@H](C)C[C@H]2C(F)(F)c1cc(C(F)(F)F)cc(C(F)(F)F)c1. The van der Waals surface area contributed by atoms with Gasteiger partial charge in [-0.25, -0.2) is 13.6 Å². The van der Waals surface area contributed by atoms with Crippen LogP contribution >= 0.6 is 0 Å². The van der Waals surface area contributed by atoms with Crippen molar-refractivity contribution in [1.29, 1.82) is 0 Å². The zero-order valence-electron chi connectivity index (χ0n) is 18.4. The quantitative estimate of drug-likeness (QED) is 0.453. The van der Waals surface area contributed by atoms with Crippen molar-refractivity contribution in [3.05, 3.63) is 52.6 Å². The third kappa shape index (κ3) is 4.80. The second kappa shape index (κ2) is 8.76. The Morgan fingerprint density at radius 2 is 1.31 bits per heavy atom. The topological polar surface area (TPSA) is 59.0 Å². The molecule has 0 radical (unpaired) electrons. The van der Waals surface area contributed by atoms with Gasteiger partial charge >= 0.3 is 18.4 Å². The molecule has 35 heavy (non-hydrogen) atoms. The number of alkyl halides is 8. The number of amides is 1. The molecule has 2 aromatic rings. The number of anilines is 1. The average Bonchev–Trinajstić information content (AvgIpc) is 2.75. The predicted octanol–water partition coefficient (Wildman–Crippen LogP) is 6.89. The van der Waals surface area contributed by atoms with E-state index in [2.05, 4.69) is 0 Å². The molecule has 13 heteroatoms. The monoisotopic (exact) mass is 513 g/mol. The number of ether oxygens (including phenoxy) is 2. The maximum absolute atomic E-state index is 15.8. The van der Waals surface area contributed by atoms with E-state index in [4.69, 9.17) is 9.47 Å². The van der Waals surface area contributed by atoms with Crippen LogP contribution in [0, 0.1) is 0 Å². The molecule has 3 rings (SSSR count). The number of nitrogens with zero attached hydrogens (tertiary/aromatic N) is 1. The van der Waals surface area contributed by atoms with Crippen LogP contribution in [0.1, 0.15) is 41.5 Å². The van der Waals surface area contributed by atoms with E-state index in [-0.39, 0.29) is 40.9 Å². The molecule has 0 spiro atoms. The fraction of sp³-hybridized carbons (Fsp3) is 0.409. The summed E-state index contributed by atoms with van der Waals surface area (Å²) in [4.78, 5) is 12.6. The van der Waals surface area contributed by atoms with E-state index in [1.165, 1.54) is 21.1 Å². The van der Waals surface area contributed by atoms with Gasteiger partial charge in [-0.2, -0.15) is 26.3 Å². The smallest absolute Gasteiger partial charge is 0.416 e. The molecule has 192 valence electrons. The number of rotatable bonds is 4. The van der Waals surface area contributed by atoms with Crippen LogP contribution in [0.3, 0.4) is 0 Å². The van der Waals surface area contributed by atoms with E-state index in [9.17, 15) is 36.2 Å². The number of fused-ring (bicyclic) bond motifs is 1. The predicted molar refractivity (Wildman–Crippen MR) is 107 cm³/mol. The molecule has 0 unspecified atom stereocenters. The van der Waals surface area contributed by atoms with E-state index in [0.717, 1.165) is 17.0 Å². The highest BCUT2D eigenvalue weighted by atomic mass is 19.4. The van der Waals surface area contributed by atoms with Gasteiger partial charge in [-0.1, -0.05) is 0 Å². The molecule has 0 fully saturated rings. The standard InChI is InChI=1S/C22H19F8NO4/c1-10-4-15(14-8-17(34-2)18(35-3)9-16(14)31(10)19(32)33)20(23,24)11-5-12(21(25,26)27)7-13(6-11)22(28,29)30/h5-10,15H,4H2,1-3H3,(H,32,33)/t10-,15+/m0/s1. The Hall–Kier alpha value is -3.25. The first kappa shape index (κ1) is 26.4. The van der Waals surface area contributed by atoms with Crippen LogP contribution in [0.2, 0.25) is 0 Å². The Morgan fingerprint density at radius 3 is 1.74 bits per heavy atom. The van der Waals surface area contributed by atoms with Crippen molar-refractivity contribution in [3.63, 3.8) is 0 Å². The lowest BCUT2D eigenvalue weighted by Gasteiger charge is -2.41. The fourth-order valence-electron chi connectivity index (χ4n) is 4.17. The fourth-order valence-corrected chi connectivity index (χ4v) is 4.17. The Bertz CT molecular complexity index is 1100. The number of hydrogen-bond donors (Lipinski definition) is 1. The normalized spacial score (nSPS) is 18.8. The highest BCUT2D eigenvalue weighted by Crippen LogP contribution is 2.54. The van der Waals surface area contributed by atoms with Crippen LogP contribution < -0.4 is 14.4 Å². The number of benzene rings is 2. The molecule has 0 aromatic heterocycles. The number of carbonyl (C=O) groups is 1. The Labute approximate surface area is 193 Å². The molecule has 5 nitrogen and oxygen atoms in total. The molecule has 1 amide bonds. The minimum atomic E-state index is -5.32. The summed E-state index contributed by atoms with van der Waals surface area (Å²) in [5.41, 5.74) is -5.85. The Morgan fingerprint density at radius 1 is 0.857 bits per heavy atom. The maximum Gasteiger partial charge on any atom is 0.416 e. The van der Waals surface area contributed by atoms with E-state index in [1.807, 2.05) is 0 Å². The molecule has 2 aromatic carbocycles. The van der Waals surface area contributed by atoms with Crippen LogP contribution in [0.15, 0.2) is 30.3 Å². The molecule has 1 heterocycles. The first-order valence-electron chi connectivity index (χ1n) is 9.98. The lowest BCUT2D eigenvalue weighted by molar-refractivity contribution is -0.143. The molecule has 0 aliphatic carbocycles. The summed E-state index contributed by atoms with van der Waals surface area (Å²) < 4.78 is 121. The van der Waals surface area contributed by atoms with E-state index in [1.54, 1.807) is 0 Å². The molecule has 1 aliphatic heterocycles. The number of halogens is 8. The first-order chi connectivity index (χ1) is 16.0. The first-order valence-corrected chi connectivity index (χ1v) is 9.98. The summed E-state index contributed by atoms with van der Waals surface area (Å²) in [5, 5.41) is 9.62. The van der Waals surface area contributed by atoms with Crippen LogP contribution in [0.5, 0.6) is 11.5 Å². The molecule has 0 saturated heterocycles. The molecular formula is C22H19F8NO4. The van der Waals surface area contributed by atoms with Gasteiger partial charge in [-0.3, -0.25) is 4.90 Å². The second-order valence-electron chi connectivity index (χ2n) is 7.97. The highest BCUT2D eigenvalue weighted by Gasteiger charge is 2.50. The Balaban J connectivity index is 2.28. The van der Waals surface area contributed by atoms with Crippen molar-refractivity contribution in [2.75, 3.05) is 19.1 Å². The molecule has 0 bridgehead atoms. The summed E-state index contributed by atoms with van der Waals surface area (Å²) in [6, 6.07) is 0.785. The van der Waals surface area contributed by atoms with Gasteiger partial charge in [0.25, 0.3) is 5.92 Å². The zero-order chi connectivity index (χ0) is 26.5. The molecule has 0 saturated carbocycles. The molecule has 1 N–H and O–H groups in total. The third-order valence-electron chi connectivity index (χ3n) is 5.80. The van der Waals surface area contributed by atoms with Crippen LogP contribution in [0.4, 0.5) is 45.6 Å². The maximum atomic E-state index is 15.8. The summed E-state index contributed by atoms with van der Waals surface area (Å²) in [7, 11) is 2.40. The number of hydrogen-bond acceptors (Lipinski definition) is 3. The van der Waals surface area contributed by atoms with Gasteiger partial charge < -0.3 is 14.6 Å². The number of carboxylic acid groups (broad SMARTS) is 1. The highest BCUT2D eigenvalue weighted by molar-refractivity contribution is 5.89. The minimum Gasteiger partial charge on any atom is -0.493 e. The lowest BCUT2D eigenvalue weighted by atomic mass is 9.78.